The van der Waals surface area contributed by atoms with E-state index in [1.54, 1.807) is 0 Å². The van der Waals surface area contributed by atoms with Gasteiger partial charge in [0.05, 0.1) is 0 Å². The third-order valence-corrected chi connectivity index (χ3v) is 4.40. The normalized spacial score (nSPS) is 10.9. The van der Waals surface area contributed by atoms with Gasteiger partial charge >= 0.3 is 0 Å². The van der Waals surface area contributed by atoms with Crippen LogP contribution in [0.5, 0.6) is 0 Å². The van der Waals surface area contributed by atoms with Gasteiger partial charge in [-0.15, -0.1) is 11.3 Å². The minimum Gasteiger partial charge on any atom is -0.258 e. The number of aromatic nitrogens is 1. The number of aryl methyl sites for hydroxylation is 3. The first kappa shape index (κ1) is 14.3. The molecule has 0 radical (unpaired) electrons. The summed E-state index contributed by atoms with van der Waals surface area (Å²) in [6, 6.07) is 6.69. The molecule has 0 aromatic carbocycles. The van der Waals surface area contributed by atoms with E-state index in [1.165, 1.54) is 48.1 Å². The maximum Gasteiger partial charge on any atom is 0.0382 e. The Morgan fingerprint density at radius 1 is 1.05 bits per heavy atom. The Bertz CT molecular complexity index is 508. The van der Waals surface area contributed by atoms with E-state index in [9.17, 15) is 0 Å². The van der Waals surface area contributed by atoms with Gasteiger partial charge in [-0.2, -0.15) is 0 Å². The zero-order valence-corrected chi connectivity index (χ0v) is 13.0. The monoisotopic (exact) mass is 273 g/mol. The molecule has 0 bridgehead atoms. The molecule has 102 valence electrons. The zero-order chi connectivity index (χ0) is 13.7. The molecule has 0 amide bonds. The van der Waals surface area contributed by atoms with Gasteiger partial charge in [0.15, 0.2) is 0 Å². The molecule has 19 heavy (non-hydrogen) atoms. The van der Waals surface area contributed by atoms with Crippen molar-refractivity contribution in [2.75, 3.05) is 0 Å². The summed E-state index contributed by atoms with van der Waals surface area (Å²) in [5.41, 5.74) is 5.07. The van der Waals surface area contributed by atoms with Crippen LogP contribution >= 0.6 is 11.3 Å². The Kier molecular flexibility index (Phi) is 5.15. The minimum absolute atomic E-state index is 1.11. The number of nitrogens with zero attached hydrogens (tertiary/aromatic N) is 1. The van der Waals surface area contributed by atoms with Crippen LogP contribution in [0.4, 0.5) is 0 Å². The Morgan fingerprint density at radius 3 is 2.47 bits per heavy atom. The summed E-state index contributed by atoms with van der Waals surface area (Å²) in [5, 5.41) is 2.22. The van der Waals surface area contributed by atoms with Crippen molar-refractivity contribution in [2.24, 2.45) is 0 Å². The van der Waals surface area contributed by atoms with Crippen molar-refractivity contribution in [1.82, 2.24) is 4.98 Å². The highest BCUT2D eigenvalue weighted by Gasteiger charge is 2.08. The molecule has 2 heteroatoms. The van der Waals surface area contributed by atoms with Gasteiger partial charge in [0.25, 0.3) is 0 Å². The number of pyridine rings is 1. The average Bonchev–Trinajstić information content (AvgIpc) is 2.82. The Labute approximate surface area is 120 Å². The second-order valence-corrected chi connectivity index (χ2v) is 6.14. The molecule has 0 aliphatic rings. The van der Waals surface area contributed by atoms with E-state index in [2.05, 4.69) is 49.3 Å². The molecular weight excluding hydrogens is 250 g/mol. The molecule has 2 rings (SSSR count). The lowest BCUT2D eigenvalue weighted by molar-refractivity contribution is 0.668. The number of unbranched alkanes of at least 4 members (excludes halogenated alkanes) is 3. The molecule has 0 unspecified atom stereocenters. The average molecular weight is 273 g/mol. The number of hydrogen-bond donors (Lipinski definition) is 0. The fourth-order valence-corrected chi connectivity index (χ4v) is 3.44. The molecule has 0 aliphatic heterocycles. The van der Waals surface area contributed by atoms with E-state index < -0.39 is 0 Å². The summed E-state index contributed by atoms with van der Waals surface area (Å²) in [4.78, 5) is 5.90. The van der Waals surface area contributed by atoms with Gasteiger partial charge < -0.3 is 0 Å². The van der Waals surface area contributed by atoms with Crippen LogP contribution in [0.1, 0.15) is 49.6 Å². The van der Waals surface area contributed by atoms with Gasteiger partial charge in [0, 0.05) is 16.3 Å². The van der Waals surface area contributed by atoms with Crippen molar-refractivity contribution >= 4 is 11.3 Å². The summed E-state index contributed by atoms with van der Waals surface area (Å²) in [5.74, 6) is 0. The maximum absolute atomic E-state index is 4.46. The smallest absolute Gasteiger partial charge is 0.0382 e. The van der Waals surface area contributed by atoms with E-state index in [4.69, 9.17) is 0 Å². The molecule has 0 saturated heterocycles. The molecule has 0 N–H and O–H groups in total. The number of hydrogen-bond acceptors (Lipinski definition) is 2. The first-order chi connectivity index (χ1) is 9.20. The van der Waals surface area contributed by atoms with Gasteiger partial charge in [-0.3, -0.25) is 4.98 Å². The van der Waals surface area contributed by atoms with Crippen LogP contribution in [0.15, 0.2) is 23.6 Å². The van der Waals surface area contributed by atoms with Gasteiger partial charge in [-0.05, 0) is 61.4 Å². The lowest BCUT2D eigenvalue weighted by atomic mass is 10.0. The maximum atomic E-state index is 4.46. The van der Waals surface area contributed by atoms with Crippen molar-refractivity contribution in [3.63, 3.8) is 0 Å². The molecule has 1 nitrogen and oxygen atoms in total. The van der Waals surface area contributed by atoms with E-state index in [1.807, 2.05) is 11.3 Å². The van der Waals surface area contributed by atoms with Crippen LogP contribution in [-0.4, -0.2) is 4.98 Å². The number of rotatable bonds is 6. The van der Waals surface area contributed by atoms with E-state index in [-0.39, 0.29) is 0 Å². The van der Waals surface area contributed by atoms with Gasteiger partial charge in [-0.25, -0.2) is 0 Å². The Morgan fingerprint density at radius 2 is 1.79 bits per heavy atom. The summed E-state index contributed by atoms with van der Waals surface area (Å²) in [7, 11) is 0. The first-order valence-corrected chi connectivity index (χ1v) is 8.10. The van der Waals surface area contributed by atoms with Crippen LogP contribution < -0.4 is 0 Å². The van der Waals surface area contributed by atoms with Gasteiger partial charge in [-0.1, -0.05) is 26.2 Å². The summed E-state index contributed by atoms with van der Waals surface area (Å²) in [6.07, 6.45) is 6.52. The fourth-order valence-electron chi connectivity index (χ4n) is 2.49. The van der Waals surface area contributed by atoms with Crippen molar-refractivity contribution in [2.45, 2.75) is 52.9 Å². The quantitative estimate of drug-likeness (QED) is 0.629. The van der Waals surface area contributed by atoms with E-state index in [0.717, 1.165) is 11.4 Å². The fraction of sp³-hybridized carbons (Fsp3) is 0.471. The molecule has 0 spiro atoms. The lowest BCUT2D eigenvalue weighted by Crippen LogP contribution is -1.90. The second kappa shape index (κ2) is 6.85. The van der Waals surface area contributed by atoms with Gasteiger partial charge in [0.1, 0.15) is 0 Å². The second-order valence-electron chi connectivity index (χ2n) is 5.22. The SMILES string of the molecule is CCCCCCc1ccsc1-c1cc(C)nc(C)c1. The molecule has 2 aromatic rings. The van der Waals surface area contributed by atoms with Crippen molar-refractivity contribution < 1.29 is 0 Å². The summed E-state index contributed by atoms with van der Waals surface area (Å²) in [6.45, 7) is 6.41. The third-order valence-electron chi connectivity index (χ3n) is 3.39. The van der Waals surface area contributed by atoms with Crippen LogP contribution in [0.25, 0.3) is 10.4 Å². The molecule has 0 saturated carbocycles. The minimum atomic E-state index is 1.11. The topological polar surface area (TPSA) is 12.9 Å². The van der Waals surface area contributed by atoms with Crippen LogP contribution in [-0.2, 0) is 6.42 Å². The highest BCUT2D eigenvalue weighted by atomic mass is 32.1. The summed E-state index contributed by atoms with van der Waals surface area (Å²) < 4.78 is 0. The Balaban J connectivity index is 2.14. The van der Waals surface area contributed by atoms with Crippen molar-refractivity contribution in [3.8, 4) is 10.4 Å². The molecule has 0 aliphatic carbocycles. The number of thiophene rings is 1. The molecule has 2 heterocycles. The van der Waals surface area contributed by atoms with Gasteiger partial charge in [0.2, 0.25) is 0 Å². The van der Waals surface area contributed by atoms with Crippen molar-refractivity contribution in [3.05, 3.63) is 40.5 Å². The predicted octanol–water partition coefficient (Wildman–Crippen LogP) is 5.55. The van der Waals surface area contributed by atoms with E-state index >= 15 is 0 Å². The molecule has 2 aromatic heterocycles. The van der Waals surface area contributed by atoms with Crippen LogP contribution in [0, 0.1) is 13.8 Å². The predicted molar refractivity (Wildman–Crippen MR) is 84.9 cm³/mol. The first-order valence-electron chi connectivity index (χ1n) is 7.22. The lowest BCUT2D eigenvalue weighted by Gasteiger charge is -2.06. The van der Waals surface area contributed by atoms with E-state index in [0.29, 0.717) is 0 Å². The van der Waals surface area contributed by atoms with Crippen molar-refractivity contribution in [1.29, 1.82) is 0 Å². The highest BCUT2D eigenvalue weighted by molar-refractivity contribution is 7.13. The molecule has 0 fully saturated rings. The highest BCUT2D eigenvalue weighted by Crippen LogP contribution is 2.31. The molecule has 0 atom stereocenters. The summed E-state index contributed by atoms with van der Waals surface area (Å²) >= 11 is 1.86. The third kappa shape index (κ3) is 3.90. The molecular formula is C17H23NS. The Hall–Kier alpha value is -1.15. The van der Waals surface area contributed by atoms with Crippen LogP contribution in [0.3, 0.4) is 0 Å². The zero-order valence-electron chi connectivity index (χ0n) is 12.2. The standard InChI is InChI=1S/C17H23NS/c1-4-5-6-7-8-15-9-10-19-17(15)16-11-13(2)18-14(3)12-16/h9-12H,4-8H2,1-3H3. The van der Waals surface area contributed by atoms with Crippen LogP contribution in [0.2, 0.25) is 0 Å². The largest absolute Gasteiger partial charge is 0.258 e.